The fraction of sp³-hybridized carbons (Fsp3) is 0.800. The van der Waals surface area contributed by atoms with Crippen LogP contribution in [0.25, 0.3) is 0 Å². The van der Waals surface area contributed by atoms with Gasteiger partial charge in [-0.1, -0.05) is 0 Å². The Morgan fingerprint density at radius 2 is 2.00 bits per heavy atom. The number of hydroxylamine groups is 1. The molecule has 4 N–H and O–H groups in total. The molecule has 0 aromatic carbocycles. The first kappa shape index (κ1) is 9.35. The molecule has 0 rings (SSSR count). The van der Waals surface area contributed by atoms with E-state index in [4.69, 9.17) is 15.4 Å². The minimum absolute atomic E-state index is 1.29. The summed E-state index contributed by atoms with van der Waals surface area (Å²) in [6.45, 7) is 2.57. The van der Waals surface area contributed by atoms with Gasteiger partial charge in [0, 0.05) is 0 Å². The zero-order valence-electron chi connectivity index (χ0n) is 5.83. The molecule has 0 radical (unpaired) electrons. The number of aliphatic carboxylic acids is 1. The topological polar surface area (TPSA) is 89.8 Å². The number of carboxylic acid groups (broad SMARTS) is 1. The van der Waals surface area contributed by atoms with Crippen LogP contribution < -0.4 is 5.48 Å². The van der Waals surface area contributed by atoms with Crippen molar-refractivity contribution < 1.29 is 20.2 Å². The third-order valence-electron chi connectivity index (χ3n) is 1.08. The minimum atomic E-state index is -1.47. The lowest BCUT2D eigenvalue weighted by Gasteiger charge is -2.23. The zero-order valence-corrected chi connectivity index (χ0v) is 5.83. The van der Waals surface area contributed by atoms with Gasteiger partial charge in [-0.2, -0.15) is 5.48 Å². The van der Waals surface area contributed by atoms with Crippen molar-refractivity contribution in [2.75, 3.05) is 0 Å². The van der Waals surface area contributed by atoms with Gasteiger partial charge >= 0.3 is 5.97 Å². The molecular weight excluding hydrogens is 138 g/mol. The second-order valence-electron chi connectivity index (χ2n) is 2.55. The van der Waals surface area contributed by atoms with E-state index in [1.54, 1.807) is 0 Å². The standard InChI is InChI=1S/C5H11NO4/c1-5(2,9)3(6-10)4(7)8/h3,6,9-10H,1-2H3,(H,7,8)/t3-/m1/s1. The average molecular weight is 149 g/mol. The van der Waals surface area contributed by atoms with Crippen LogP contribution in [0.15, 0.2) is 0 Å². The van der Waals surface area contributed by atoms with Crippen molar-refractivity contribution in [3.8, 4) is 0 Å². The maximum Gasteiger partial charge on any atom is 0.326 e. The van der Waals surface area contributed by atoms with Gasteiger partial charge in [-0.15, -0.1) is 0 Å². The average Bonchev–Trinajstić information content (AvgIpc) is 1.60. The summed E-state index contributed by atoms with van der Waals surface area (Å²) in [5.74, 6) is -1.30. The van der Waals surface area contributed by atoms with Crippen LogP contribution in [-0.4, -0.2) is 33.0 Å². The molecule has 0 aromatic rings. The number of hydrogen-bond acceptors (Lipinski definition) is 4. The molecule has 0 saturated carbocycles. The van der Waals surface area contributed by atoms with E-state index in [2.05, 4.69) is 0 Å². The van der Waals surface area contributed by atoms with E-state index >= 15 is 0 Å². The first-order chi connectivity index (χ1) is 4.39. The minimum Gasteiger partial charge on any atom is -0.480 e. The molecule has 0 unspecified atom stereocenters. The Hall–Kier alpha value is -0.650. The maximum atomic E-state index is 10.2. The first-order valence-corrected chi connectivity index (χ1v) is 2.74. The Labute approximate surface area is 58.2 Å². The van der Waals surface area contributed by atoms with E-state index in [1.807, 2.05) is 0 Å². The lowest BCUT2D eigenvalue weighted by atomic mass is 10.0. The molecule has 5 nitrogen and oxygen atoms in total. The fourth-order valence-electron chi connectivity index (χ4n) is 0.515. The van der Waals surface area contributed by atoms with E-state index in [-0.39, 0.29) is 0 Å². The SMILES string of the molecule is CC(C)(O)[C@H](NO)C(=O)O. The highest BCUT2D eigenvalue weighted by molar-refractivity contribution is 5.74. The van der Waals surface area contributed by atoms with Crippen molar-refractivity contribution in [2.45, 2.75) is 25.5 Å². The molecule has 0 fully saturated rings. The van der Waals surface area contributed by atoms with Gasteiger partial charge in [-0.25, -0.2) is 0 Å². The van der Waals surface area contributed by atoms with Crippen LogP contribution in [0.1, 0.15) is 13.8 Å². The van der Waals surface area contributed by atoms with Crippen molar-refractivity contribution in [1.29, 1.82) is 0 Å². The number of aliphatic hydroxyl groups is 1. The summed E-state index contributed by atoms with van der Waals surface area (Å²) in [6.07, 6.45) is 0. The van der Waals surface area contributed by atoms with Gasteiger partial charge in [0.1, 0.15) is 0 Å². The molecule has 0 bridgehead atoms. The molecule has 0 spiro atoms. The van der Waals surface area contributed by atoms with Crippen molar-refractivity contribution in [1.82, 2.24) is 5.48 Å². The summed E-state index contributed by atoms with van der Waals surface area (Å²) in [5.41, 5.74) is 0.0203. The van der Waals surface area contributed by atoms with Gasteiger partial charge in [-0.3, -0.25) is 4.79 Å². The molecule has 0 saturated heterocycles. The highest BCUT2D eigenvalue weighted by atomic mass is 16.5. The molecule has 0 heterocycles. The van der Waals surface area contributed by atoms with Crippen LogP contribution in [-0.2, 0) is 4.79 Å². The third kappa shape index (κ3) is 2.30. The Balaban J connectivity index is 4.22. The summed E-state index contributed by atoms with van der Waals surface area (Å²) >= 11 is 0. The summed E-state index contributed by atoms with van der Waals surface area (Å²) in [5, 5.41) is 25.6. The van der Waals surface area contributed by atoms with Gasteiger partial charge in [0.15, 0.2) is 6.04 Å². The Bertz CT molecular complexity index is 128. The molecule has 10 heavy (non-hydrogen) atoms. The highest BCUT2D eigenvalue weighted by Crippen LogP contribution is 2.07. The number of rotatable bonds is 3. The molecule has 0 aromatic heterocycles. The monoisotopic (exact) mass is 149 g/mol. The second-order valence-corrected chi connectivity index (χ2v) is 2.55. The number of hydrogen-bond donors (Lipinski definition) is 4. The zero-order chi connectivity index (χ0) is 8.36. The van der Waals surface area contributed by atoms with Crippen LogP contribution >= 0.6 is 0 Å². The fourth-order valence-corrected chi connectivity index (χ4v) is 0.515. The molecule has 1 atom stereocenters. The van der Waals surface area contributed by atoms with E-state index in [0.717, 1.165) is 0 Å². The molecule has 0 aliphatic carbocycles. The van der Waals surface area contributed by atoms with Crippen LogP contribution in [0.3, 0.4) is 0 Å². The number of nitrogens with one attached hydrogen (secondary N) is 1. The number of carbonyl (C=O) groups is 1. The second kappa shape index (κ2) is 2.96. The van der Waals surface area contributed by atoms with Crippen molar-refractivity contribution in [3.05, 3.63) is 0 Å². The van der Waals surface area contributed by atoms with Crippen LogP contribution in [0.2, 0.25) is 0 Å². The summed E-state index contributed by atoms with van der Waals surface area (Å²) in [4.78, 5) is 10.2. The molecule has 0 aliphatic heterocycles. The summed E-state index contributed by atoms with van der Waals surface area (Å²) in [7, 11) is 0. The van der Waals surface area contributed by atoms with Gasteiger partial charge in [-0.05, 0) is 13.8 Å². The molecule has 60 valence electrons. The molecule has 0 amide bonds. The van der Waals surface area contributed by atoms with Gasteiger partial charge in [0.25, 0.3) is 0 Å². The van der Waals surface area contributed by atoms with Gasteiger partial charge < -0.3 is 15.4 Å². The highest BCUT2D eigenvalue weighted by Gasteiger charge is 2.32. The van der Waals surface area contributed by atoms with Gasteiger partial charge in [0.05, 0.1) is 5.60 Å². The number of carboxylic acids is 1. The van der Waals surface area contributed by atoms with Crippen LogP contribution in [0.5, 0.6) is 0 Å². The predicted molar refractivity (Wildman–Crippen MR) is 32.6 cm³/mol. The molecule has 5 heteroatoms. The van der Waals surface area contributed by atoms with Crippen molar-refractivity contribution in [3.63, 3.8) is 0 Å². The van der Waals surface area contributed by atoms with Crippen molar-refractivity contribution in [2.24, 2.45) is 0 Å². The van der Waals surface area contributed by atoms with E-state index in [9.17, 15) is 4.79 Å². The quantitative estimate of drug-likeness (QED) is 0.394. The smallest absolute Gasteiger partial charge is 0.326 e. The Kier molecular flexibility index (Phi) is 2.77. The van der Waals surface area contributed by atoms with Crippen LogP contribution in [0, 0.1) is 0 Å². The van der Waals surface area contributed by atoms with Crippen molar-refractivity contribution >= 4 is 5.97 Å². The van der Waals surface area contributed by atoms with Gasteiger partial charge in [0.2, 0.25) is 0 Å². The largest absolute Gasteiger partial charge is 0.480 e. The Morgan fingerprint density at radius 1 is 1.60 bits per heavy atom. The van der Waals surface area contributed by atoms with E-state index in [0.29, 0.717) is 0 Å². The summed E-state index contributed by atoms with van der Waals surface area (Å²) in [6, 6.07) is -1.35. The molecular formula is C5H11NO4. The first-order valence-electron chi connectivity index (χ1n) is 2.74. The van der Waals surface area contributed by atoms with E-state index < -0.39 is 17.6 Å². The maximum absolute atomic E-state index is 10.2. The lowest BCUT2D eigenvalue weighted by molar-refractivity contribution is -0.150. The lowest BCUT2D eigenvalue weighted by Crippen LogP contribution is -2.50. The third-order valence-corrected chi connectivity index (χ3v) is 1.08. The normalized spacial score (nSPS) is 14.8. The van der Waals surface area contributed by atoms with E-state index in [1.165, 1.54) is 19.3 Å². The summed E-state index contributed by atoms with van der Waals surface area (Å²) < 4.78 is 0. The Morgan fingerprint density at radius 3 is 2.00 bits per heavy atom. The predicted octanol–water partition coefficient (Wildman–Crippen LogP) is -0.811. The molecule has 0 aliphatic rings. The van der Waals surface area contributed by atoms with Crippen LogP contribution in [0.4, 0.5) is 0 Å².